The Balaban J connectivity index is 2.44. The fourth-order valence-corrected chi connectivity index (χ4v) is 1.33. The van der Waals surface area contributed by atoms with E-state index in [1.54, 1.807) is 0 Å². The highest BCUT2D eigenvalue weighted by atomic mass is 79.9. The molecule has 1 heterocycles. The Hall–Kier alpha value is -1.30. The fourth-order valence-electron chi connectivity index (χ4n) is 1.10. The second-order valence-electron chi connectivity index (χ2n) is 2.81. The molecule has 0 aliphatic heterocycles. The molecule has 0 spiro atoms. The van der Waals surface area contributed by atoms with E-state index < -0.39 is 11.6 Å². The zero-order valence-corrected chi connectivity index (χ0v) is 8.96. The first-order chi connectivity index (χ1) is 7.19. The zero-order valence-electron chi connectivity index (χ0n) is 7.38. The summed E-state index contributed by atoms with van der Waals surface area (Å²) in [5, 5.41) is 4.02. The lowest BCUT2D eigenvalue weighted by Gasteiger charge is -1.94. The third kappa shape index (κ3) is 2.20. The Bertz CT molecular complexity index is 466. The van der Waals surface area contributed by atoms with Crippen LogP contribution in [0.4, 0.5) is 8.78 Å². The van der Waals surface area contributed by atoms with Crippen molar-refractivity contribution in [3.05, 3.63) is 35.7 Å². The topological polar surface area (TPSA) is 38.9 Å². The van der Waals surface area contributed by atoms with Crippen LogP contribution in [0.25, 0.3) is 11.5 Å². The highest BCUT2D eigenvalue weighted by Gasteiger charge is 2.10. The minimum Gasteiger partial charge on any atom is -0.334 e. The number of rotatable bonds is 2. The van der Waals surface area contributed by atoms with Gasteiger partial charge in [-0.05, 0) is 12.1 Å². The van der Waals surface area contributed by atoms with Crippen molar-refractivity contribution in [2.24, 2.45) is 0 Å². The van der Waals surface area contributed by atoms with Crippen molar-refractivity contribution < 1.29 is 13.3 Å². The van der Waals surface area contributed by atoms with Crippen LogP contribution >= 0.6 is 15.9 Å². The van der Waals surface area contributed by atoms with Crippen LogP contribution in [0, 0.1) is 11.6 Å². The summed E-state index contributed by atoms with van der Waals surface area (Å²) in [7, 11) is 0. The average molecular weight is 275 g/mol. The Kier molecular flexibility index (Phi) is 2.77. The molecule has 1 aromatic carbocycles. The molecule has 0 unspecified atom stereocenters. The summed E-state index contributed by atoms with van der Waals surface area (Å²) in [6.45, 7) is 0. The predicted octanol–water partition coefficient (Wildman–Crippen LogP) is 2.91. The standard InChI is InChI=1S/C9H5BrF2N2O/c10-4-8-13-9(15-14-8)5-1-6(11)3-7(12)2-5/h1-3H,4H2. The lowest BCUT2D eigenvalue weighted by atomic mass is 10.2. The monoisotopic (exact) mass is 274 g/mol. The van der Waals surface area contributed by atoms with Crippen molar-refractivity contribution in [1.82, 2.24) is 10.1 Å². The summed E-state index contributed by atoms with van der Waals surface area (Å²) >= 11 is 3.14. The molecule has 15 heavy (non-hydrogen) atoms. The summed E-state index contributed by atoms with van der Waals surface area (Å²) in [5.41, 5.74) is 0.229. The van der Waals surface area contributed by atoms with Crippen molar-refractivity contribution >= 4 is 15.9 Å². The largest absolute Gasteiger partial charge is 0.334 e. The van der Waals surface area contributed by atoms with Gasteiger partial charge in [-0.15, -0.1) is 0 Å². The van der Waals surface area contributed by atoms with Crippen LogP contribution in [0.15, 0.2) is 22.7 Å². The van der Waals surface area contributed by atoms with E-state index in [1.165, 1.54) is 0 Å². The number of hydrogen-bond acceptors (Lipinski definition) is 3. The first-order valence-corrected chi connectivity index (χ1v) is 5.16. The van der Waals surface area contributed by atoms with Crippen LogP contribution in [-0.2, 0) is 5.33 Å². The summed E-state index contributed by atoms with van der Waals surface area (Å²) < 4.78 is 30.6. The molecule has 78 valence electrons. The zero-order chi connectivity index (χ0) is 10.8. The normalized spacial score (nSPS) is 10.6. The Morgan fingerprint density at radius 1 is 1.20 bits per heavy atom. The number of hydrogen-bond donors (Lipinski definition) is 0. The van der Waals surface area contributed by atoms with Crippen LogP contribution in [0.1, 0.15) is 5.82 Å². The van der Waals surface area contributed by atoms with Crippen LogP contribution in [0.3, 0.4) is 0 Å². The quantitative estimate of drug-likeness (QED) is 0.791. The van der Waals surface area contributed by atoms with Gasteiger partial charge in [0.1, 0.15) is 11.6 Å². The molecule has 0 aliphatic rings. The smallest absolute Gasteiger partial charge is 0.258 e. The van der Waals surface area contributed by atoms with Crippen molar-refractivity contribution in [2.45, 2.75) is 5.33 Å². The number of aromatic nitrogens is 2. The van der Waals surface area contributed by atoms with Gasteiger partial charge in [0, 0.05) is 11.6 Å². The van der Waals surface area contributed by atoms with E-state index in [0.29, 0.717) is 11.2 Å². The van der Waals surface area contributed by atoms with E-state index >= 15 is 0 Å². The maximum absolute atomic E-state index is 12.9. The molecule has 0 saturated heterocycles. The van der Waals surface area contributed by atoms with Crippen molar-refractivity contribution in [3.8, 4) is 11.5 Å². The van der Waals surface area contributed by atoms with Crippen LogP contribution in [0.2, 0.25) is 0 Å². The second kappa shape index (κ2) is 4.06. The second-order valence-corrected chi connectivity index (χ2v) is 3.37. The molecule has 0 fully saturated rings. The van der Waals surface area contributed by atoms with Crippen molar-refractivity contribution in [2.75, 3.05) is 0 Å². The lowest BCUT2D eigenvalue weighted by molar-refractivity contribution is 0.424. The maximum Gasteiger partial charge on any atom is 0.258 e. The number of nitrogens with zero attached hydrogens (tertiary/aromatic N) is 2. The molecule has 2 rings (SSSR count). The molecule has 0 bridgehead atoms. The molecule has 0 aliphatic carbocycles. The first kappa shape index (κ1) is 10.2. The van der Waals surface area contributed by atoms with Crippen molar-refractivity contribution in [3.63, 3.8) is 0 Å². The average Bonchev–Trinajstić information content (AvgIpc) is 2.64. The first-order valence-electron chi connectivity index (χ1n) is 4.04. The number of alkyl halides is 1. The third-order valence-electron chi connectivity index (χ3n) is 1.70. The number of halogens is 3. The minimum absolute atomic E-state index is 0.0999. The summed E-state index contributed by atoms with van der Waals surface area (Å²) in [6, 6.07) is 3.05. The van der Waals surface area contributed by atoms with Crippen molar-refractivity contribution in [1.29, 1.82) is 0 Å². The van der Waals surface area contributed by atoms with E-state index in [4.69, 9.17) is 4.52 Å². The molecule has 6 heteroatoms. The predicted molar refractivity (Wildman–Crippen MR) is 52.3 cm³/mol. The number of benzene rings is 1. The Labute approximate surface area is 92.2 Å². The van der Waals surface area contributed by atoms with E-state index in [0.717, 1.165) is 18.2 Å². The summed E-state index contributed by atoms with van der Waals surface area (Å²) in [5.74, 6) is -0.829. The van der Waals surface area contributed by atoms with Gasteiger partial charge in [-0.25, -0.2) is 8.78 Å². The van der Waals surface area contributed by atoms with Gasteiger partial charge in [0.05, 0.1) is 5.33 Å². The summed E-state index contributed by atoms with van der Waals surface area (Å²) in [4.78, 5) is 3.92. The molecule has 0 radical (unpaired) electrons. The molecule has 0 N–H and O–H groups in total. The maximum atomic E-state index is 12.9. The third-order valence-corrected chi connectivity index (χ3v) is 2.20. The van der Waals surface area contributed by atoms with Gasteiger partial charge < -0.3 is 4.52 Å². The van der Waals surface area contributed by atoms with Gasteiger partial charge in [0.25, 0.3) is 5.89 Å². The van der Waals surface area contributed by atoms with Crippen LogP contribution in [-0.4, -0.2) is 10.1 Å². The summed E-state index contributed by atoms with van der Waals surface area (Å²) in [6.07, 6.45) is 0. The van der Waals surface area contributed by atoms with Gasteiger partial charge in [-0.3, -0.25) is 0 Å². The highest BCUT2D eigenvalue weighted by molar-refractivity contribution is 9.08. The molecule has 2 aromatic rings. The van der Waals surface area contributed by atoms with Gasteiger partial charge in [0.15, 0.2) is 5.82 Å². The molecular formula is C9H5BrF2N2O. The van der Waals surface area contributed by atoms with Crippen LogP contribution in [0.5, 0.6) is 0 Å². The molecule has 0 saturated carbocycles. The van der Waals surface area contributed by atoms with E-state index in [9.17, 15) is 8.78 Å². The van der Waals surface area contributed by atoms with E-state index in [-0.39, 0.29) is 11.5 Å². The van der Waals surface area contributed by atoms with Gasteiger partial charge in [-0.2, -0.15) is 4.98 Å². The molecule has 0 amide bonds. The highest BCUT2D eigenvalue weighted by Crippen LogP contribution is 2.20. The molecule has 1 aromatic heterocycles. The van der Waals surface area contributed by atoms with E-state index in [2.05, 4.69) is 26.1 Å². The van der Waals surface area contributed by atoms with Crippen LogP contribution < -0.4 is 0 Å². The van der Waals surface area contributed by atoms with E-state index in [1.807, 2.05) is 0 Å². The SMILES string of the molecule is Fc1cc(F)cc(-c2nc(CBr)no2)c1. The van der Waals surface area contributed by atoms with Gasteiger partial charge >= 0.3 is 0 Å². The molecular weight excluding hydrogens is 270 g/mol. The minimum atomic E-state index is -0.677. The Morgan fingerprint density at radius 2 is 1.87 bits per heavy atom. The molecule has 0 atom stereocenters. The lowest BCUT2D eigenvalue weighted by Crippen LogP contribution is -1.85. The molecule has 3 nitrogen and oxygen atoms in total. The van der Waals surface area contributed by atoms with Gasteiger partial charge in [-0.1, -0.05) is 21.1 Å². The fraction of sp³-hybridized carbons (Fsp3) is 0.111. The van der Waals surface area contributed by atoms with Gasteiger partial charge in [0.2, 0.25) is 0 Å². The Morgan fingerprint density at radius 3 is 2.40 bits per heavy atom.